The molecule has 1 amide bonds. The Bertz CT molecular complexity index is 926. The highest BCUT2D eigenvalue weighted by Gasteiger charge is 2.34. The van der Waals surface area contributed by atoms with E-state index in [2.05, 4.69) is 57.4 Å². The summed E-state index contributed by atoms with van der Waals surface area (Å²) in [6.07, 6.45) is 4.92. The van der Waals surface area contributed by atoms with Gasteiger partial charge in [0, 0.05) is 6.42 Å². The van der Waals surface area contributed by atoms with Gasteiger partial charge in [-0.3, -0.25) is 4.79 Å². The zero-order chi connectivity index (χ0) is 23.8. The average Bonchev–Trinajstić information content (AvgIpc) is 3.19. The second-order valence-electron chi connectivity index (χ2n) is 8.40. The first kappa shape index (κ1) is 25.2. The second-order valence-corrected chi connectivity index (χ2v) is 8.40. The Balaban J connectivity index is 0.000000303. The molecule has 0 unspecified atom stereocenters. The summed E-state index contributed by atoms with van der Waals surface area (Å²) in [5.74, 6) is -0.0769. The zero-order valence-corrected chi connectivity index (χ0v) is 19.3. The van der Waals surface area contributed by atoms with E-state index in [4.69, 9.17) is 10.5 Å². The third kappa shape index (κ3) is 6.49. The molecular weight excluding hydrogens is 400 g/mol. The summed E-state index contributed by atoms with van der Waals surface area (Å²) in [5.41, 5.74) is 9.71. The molecule has 3 N–H and O–H groups in total. The smallest absolute Gasteiger partial charge is 0.221 e. The van der Waals surface area contributed by atoms with Gasteiger partial charge in [0.2, 0.25) is 5.91 Å². The molecule has 2 aromatic rings. The molecule has 170 valence electrons. The van der Waals surface area contributed by atoms with E-state index in [1.807, 2.05) is 30.3 Å². The number of rotatable bonds is 8. The molecule has 0 bridgehead atoms. The van der Waals surface area contributed by atoms with Gasteiger partial charge in [-0.25, -0.2) is 0 Å². The van der Waals surface area contributed by atoms with Crippen molar-refractivity contribution in [3.8, 4) is 0 Å². The lowest BCUT2D eigenvalue weighted by Gasteiger charge is -2.28. The van der Waals surface area contributed by atoms with Crippen molar-refractivity contribution in [2.75, 3.05) is 6.61 Å². The fourth-order valence-electron chi connectivity index (χ4n) is 3.61. The van der Waals surface area contributed by atoms with Crippen molar-refractivity contribution in [3.63, 3.8) is 0 Å². The van der Waals surface area contributed by atoms with Crippen LogP contribution < -0.4 is 11.1 Å². The monoisotopic (exact) mass is 434 g/mol. The molecule has 1 fully saturated rings. The van der Waals surface area contributed by atoms with Crippen LogP contribution in [-0.2, 0) is 19.9 Å². The maximum absolute atomic E-state index is 10.7. The molecule has 0 spiro atoms. The Labute approximate surface area is 191 Å². The number of amides is 1. The molecule has 0 saturated carbocycles. The number of ether oxygens (including phenoxy) is 1. The van der Waals surface area contributed by atoms with Crippen LogP contribution in [0.1, 0.15) is 48.1 Å². The van der Waals surface area contributed by atoms with E-state index in [-0.39, 0.29) is 12.0 Å². The Kier molecular flexibility index (Phi) is 8.70. The molecule has 0 aliphatic carbocycles. The first-order valence-electron chi connectivity index (χ1n) is 10.8. The Morgan fingerprint density at radius 3 is 2.25 bits per heavy atom. The molecule has 5 nitrogen and oxygen atoms in total. The van der Waals surface area contributed by atoms with E-state index in [0.29, 0.717) is 19.4 Å². The SMILES string of the molecule is C=C[C@@](N)(CO[C@H](C)c1cc(C)cc(C)c1)c1ccccc1.C=C[C@@]1(C=O)CCC(=O)N1. The van der Waals surface area contributed by atoms with Crippen molar-refractivity contribution in [3.05, 3.63) is 96.1 Å². The highest BCUT2D eigenvalue weighted by molar-refractivity contribution is 5.87. The molecule has 5 heteroatoms. The van der Waals surface area contributed by atoms with Crippen molar-refractivity contribution in [2.24, 2.45) is 5.73 Å². The van der Waals surface area contributed by atoms with Crippen molar-refractivity contribution < 1.29 is 14.3 Å². The van der Waals surface area contributed by atoms with E-state index in [1.165, 1.54) is 22.8 Å². The lowest BCUT2D eigenvalue weighted by molar-refractivity contribution is -0.121. The maximum atomic E-state index is 10.7. The molecule has 3 atom stereocenters. The number of aldehydes is 1. The van der Waals surface area contributed by atoms with Gasteiger partial charge in [-0.05, 0) is 38.3 Å². The molecule has 0 aromatic heterocycles. The van der Waals surface area contributed by atoms with Crippen LogP contribution in [0.4, 0.5) is 0 Å². The summed E-state index contributed by atoms with van der Waals surface area (Å²) in [6, 6.07) is 16.4. The van der Waals surface area contributed by atoms with Crippen LogP contribution >= 0.6 is 0 Å². The van der Waals surface area contributed by atoms with Crippen molar-refractivity contribution in [1.82, 2.24) is 5.32 Å². The maximum Gasteiger partial charge on any atom is 0.221 e. The largest absolute Gasteiger partial charge is 0.371 e. The third-order valence-electron chi connectivity index (χ3n) is 5.67. The molecule has 1 heterocycles. The van der Waals surface area contributed by atoms with Gasteiger partial charge < -0.3 is 20.6 Å². The minimum atomic E-state index is -0.767. The van der Waals surface area contributed by atoms with Crippen LogP contribution in [0.15, 0.2) is 73.8 Å². The number of hydrogen-bond donors (Lipinski definition) is 2. The van der Waals surface area contributed by atoms with Gasteiger partial charge in [0.1, 0.15) is 11.8 Å². The van der Waals surface area contributed by atoms with E-state index in [1.54, 1.807) is 6.08 Å². The number of carbonyl (C=O) groups excluding carboxylic acids is 2. The van der Waals surface area contributed by atoms with Crippen LogP contribution in [0.5, 0.6) is 0 Å². The number of benzene rings is 2. The number of nitrogens with one attached hydrogen (secondary N) is 1. The number of carbonyl (C=O) groups is 2. The van der Waals surface area contributed by atoms with Gasteiger partial charge in [-0.1, -0.05) is 71.8 Å². The summed E-state index contributed by atoms with van der Waals surface area (Å²) in [4.78, 5) is 21.1. The van der Waals surface area contributed by atoms with Crippen LogP contribution in [0, 0.1) is 13.8 Å². The molecule has 3 rings (SSSR count). The highest BCUT2D eigenvalue weighted by Crippen LogP contribution is 2.25. The quantitative estimate of drug-likeness (QED) is 0.475. The molecule has 1 aliphatic rings. The summed E-state index contributed by atoms with van der Waals surface area (Å²) >= 11 is 0. The van der Waals surface area contributed by atoms with Gasteiger partial charge in [0.25, 0.3) is 0 Å². The highest BCUT2D eigenvalue weighted by atomic mass is 16.5. The van der Waals surface area contributed by atoms with E-state index >= 15 is 0 Å². The van der Waals surface area contributed by atoms with Crippen molar-refractivity contribution >= 4 is 12.2 Å². The lowest BCUT2D eigenvalue weighted by atomic mass is 9.92. The summed E-state index contributed by atoms with van der Waals surface area (Å²) < 4.78 is 6.05. The fraction of sp³-hybridized carbons (Fsp3) is 0.333. The summed E-state index contributed by atoms with van der Waals surface area (Å²) in [5, 5.41) is 2.54. The minimum absolute atomic E-state index is 0.00909. The summed E-state index contributed by atoms with van der Waals surface area (Å²) in [6.45, 7) is 14.0. The molecule has 2 aromatic carbocycles. The second kappa shape index (κ2) is 11.0. The molecule has 1 aliphatic heterocycles. The van der Waals surface area contributed by atoms with Gasteiger partial charge >= 0.3 is 0 Å². The zero-order valence-electron chi connectivity index (χ0n) is 19.3. The van der Waals surface area contributed by atoms with Crippen LogP contribution in [-0.4, -0.2) is 24.3 Å². The first-order valence-corrected chi connectivity index (χ1v) is 10.8. The fourth-order valence-corrected chi connectivity index (χ4v) is 3.61. The van der Waals surface area contributed by atoms with Crippen LogP contribution in [0.25, 0.3) is 0 Å². The standard InChI is InChI=1S/C20H25NO.C7H9NO2/c1-5-20(21,19-9-7-6-8-10-19)14-22-17(4)18-12-15(2)11-16(3)13-18;1-2-7(5-9)4-3-6(10)8-7/h5-13,17H,1,14,21H2,2-4H3;2,5H,1,3-4H2,(H,8,10)/t17-,20-;7-/m10/s1. The molecule has 0 radical (unpaired) electrons. The third-order valence-corrected chi connectivity index (χ3v) is 5.67. The van der Waals surface area contributed by atoms with Gasteiger partial charge in [-0.15, -0.1) is 13.2 Å². The normalized spacial score (nSPS) is 20.2. The van der Waals surface area contributed by atoms with Crippen LogP contribution in [0.3, 0.4) is 0 Å². The summed E-state index contributed by atoms with van der Waals surface area (Å²) in [7, 11) is 0. The average molecular weight is 435 g/mol. The molecule has 1 saturated heterocycles. The number of hydrogen-bond acceptors (Lipinski definition) is 4. The Morgan fingerprint density at radius 2 is 1.81 bits per heavy atom. The number of nitrogens with two attached hydrogens (primary N) is 1. The first-order chi connectivity index (χ1) is 15.2. The minimum Gasteiger partial charge on any atom is -0.371 e. The predicted octanol–water partition coefficient (Wildman–Crippen LogP) is 4.44. The molecular formula is C27H34N2O3. The van der Waals surface area contributed by atoms with E-state index in [9.17, 15) is 9.59 Å². The van der Waals surface area contributed by atoms with Crippen molar-refractivity contribution in [1.29, 1.82) is 0 Å². The van der Waals surface area contributed by atoms with Gasteiger partial charge in [-0.2, -0.15) is 0 Å². The number of aryl methyl sites for hydroxylation is 2. The van der Waals surface area contributed by atoms with E-state index in [0.717, 1.165) is 11.8 Å². The Hall–Kier alpha value is -3.02. The Morgan fingerprint density at radius 1 is 1.19 bits per heavy atom. The predicted molar refractivity (Wildman–Crippen MR) is 129 cm³/mol. The van der Waals surface area contributed by atoms with Crippen LogP contribution in [0.2, 0.25) is 0 Å². The van der Waals surface area contributed by atoms with E-state index < -0.39 is 11.1 Å². The lowest BCUT2D eigenvalue weighted by Crippen LogP contribution is -2.40. The topological polar surface area (TPSA) is 81.4 Å². The molecule has 32 heavy (non-hydrogen) atoms. The van der Waals surface area contributed by atoms with Gasteiger partial charge in [0.15, 0.2) is 0 Å². The van der Waals surface area contributed by atoms with Gasteiger partial charge in [0.05, 0.1) is 18.2 Å². The van der Waals surface area contributed by atoms with Crippen molar-refractivity contribution in [2.45, 2.75) is 50.8 Å².